The molecule has 1 aliphatic carbocycles. The second-order valence-electron chi connectivity index (χ2n) is 6.95. The smallest absolute Gasteiger partial charge is 0.319 e. The molecule has 5 heteroatoms. The van der Waals surface area contributed by atoms with Crippen LogP contribution in [0.3, 0.4) is 0 Å². The van der Waals surface area contributed by atoms with Crippen molar-refractivity contribution in [2.75, 3.05) is 11.9 Å². The molecule has 134 valence electrons. The molecule has 0 aliphatic heterocycles. The van der Waals surface area contributed by atoms with Crippen molar-refractivity contribution in [1.29, 1.82) is 5.26 Å². The van der Waals surface area contributed by atoms with Crippen molar-refractivity contribution in [2.24, 2.45) is 11.8 Å². The van der Waals surface area contributed by atoms with Crippen LogP contribution in [0.2, 0.25) is 0 Å². The Morgan fingerprint density at radius 1 is 1.23 bits per heavy atom. The summed E-state index contributed by atoms with van der Waals surface area (Å²) in [5.74, 6) is 0.658. The van der Waals surface area contributed by atoms with E-state index >= 15 is 0 Å². The molecule has 0 unspecified atom stereocenters. The maximum absolute atomic E-state index is 12.3. The summed E-state index contributed by atoms with van der Waals surface area (Å²) in [6.07, 6.45) is 7.45. The zero-order valence-corrected chi connectivity index (χ0v) is 15.0. The Bertz CT molecular complexity index is 789. The third kappa shape index (κ3) is 4.60. The summed E-state index contributed by atoms with van der Waals surface area (Å²) in [5, 5.41) is 14.9. The van der Waals surface area contributed by atoms with Crippen LogP contribution in [0.5, 0.6) is 0 Å². The summed E-state index contributed by atoms with van der Waals surface area (Å²) < 4.78 is 0. The van der Waals surface area contributed by atoms with Gasteiger partial charge in [0.25, 0.3) is 0 Å². The molecule has 5 nitrogen and oxygen atoms in total. The molecule has 0 saturated heterocycles. The van der Waals surface area contributed by atoms with Gasteiger partial charge in [0.1, 0.15) is 0 Å². The van der Waals surface area contributed by atoms with Gasteiger partial charge in [0.15, 0.2) is 0 Å². The molecule has 1 fully saturated rings. The van der Waals surface area contributed by atoms with Gasteiger partial charge in [-0.3, -0.25) is 4.98 Å². The first-order valence-corrected chi connectivity index (χ1v) is 9.11. The van der Waals surface area contributed by atoms with Crippen LogP contribution < -0.4 is 10.6 Å². The highest BCUT2D eigenvalue weighted by Gasteiger charge is 2.21. The molecule has 2 aromatic rings. The van der Waals surface area contributed by atoms with Gasteiger partial charge in [-0.15, -0.1) is 0 Å². The van der Waals surface area contributed by atoms with Crippen molar-refractivity contribution < 1.29 is 4.79 Å². The van der Waals surface area contributed by atoms with Gasteiger partial charge in [0, 0.05) is 36.1 Å². The summed E-state index contributed by atoms with van der Waals surface area (Å²) in [4.78, 5) is 16.4. The Labute approximate surface area is 154 Å². The molecule has 2 N–H and O–H groups in total. The molecular formula is C21H24N4O. The normalized spacial score (nSPS) is 19.4. The number of hydrogen-bond donors (Lipinski definition) is 2. The molecule has 1 saturated carbocycles. The maximum Gasteiger partial charge on any atom is 0.319 e. The number of amides is 2. The van der Waals surface area contributed by atoms with Crippen molar-refractivity contribution in [3.63, 3.8) is 0 Å². The zero-order valence-electron chi connectivity index (χ0n) is 15.0. The van der Waals surface area contributed by atoms with E-state index in [2.05, 4.69) is 21.7 Å². The monoisotopic (exact) mass is 348 g/mol. The Hall–Kier alpha value is -2.87. The number of pyridine rings is 1. The van der Waals surface area contributed by atoms with Crippen LogP contribution >= 0.6 is 0 Å². The standard InChI is InChI=1S/C21H24N4O/c1-15-4-9-18(19-3-2-10-23-14-19)11-20(15)25-21(26)24-13-17-7-5-16(12-22)6-8-17/h2-4,9-11,14,16-17H,5-8,13H2,1H3,(H2,24,25,26). The molecule has 2 amide bonds. The van der Waals surface area contributed by atoms with Crippen LogP contribution in [-0.2, 0) is 0 Å². The lowest BCUT2D eigenvalue weighted by Gasteiger charge is -2.24. The van der Waals surface area contributed by atoms with Crippen LogP contribution in [0.25, 0.3) is 11.1 Å². The number of aromatic nitrogens is 1. The number of benzene rings is 1. The number of carbonyl (C=O) groups excluding carboxylic acids is 1. The second-order valence-corrected chi connectivity index (χ2v) is 6.95. The Kier molecular flexibility index (Phi) is 5.85. The van der Waals surface area contributed by atoms with Gasteiger partial charge in [0.2, 0.25) is 0 Å². The Balaban J connectivity index is 1.57. The molecule has 3 rings (SSSR count). The molecule has 0 spiro atoms. The number of urea groups is 1. The fraction of sp³-hybridized carbons (Fsp3) is 0.381. The van der Waals surface area contributed by atoms with E-state index in [9.17, 15) is 4.79 Å². The van der Waals surface area contributed by atoms with Gasteiger partial charge in [-0.1, -0.05) is 18.2 Å². The molecule has 0 radical (unpaired) electrons. The van der Waals surface area contributed by atoms with E-state index in [1.807, 2.05) is 43.5 Å². The van der Waals surface area contributed by atoms with Gasteiger partial charge in [-0.25, -0.2) is 4.79 Å². The number of nitriles is 1. The predicted octanol–water partition coefficient (Wildman–Crippen LogP) is 4.51. The lowest BCUT2D eigenvalue weighted by atomic mass is 9.83. The fourth-order valence-electron chi connectivity index (χ4n) is 3.37. The molecule has 1 aromatic heterocycles. The van der Waals surface area contributed by atoms with E-state index in [1.54, 1.807) is 6.20 Å². The summed E-state index contributed by atoms with van der Waals surface area (Å²) in [6.45, 7) is 2.64. The van der Waals surface area contributed by atoms with Gasteiger partial charge in [-0.2, -0.15) is 5.26 Å². The topological polar surface area (TPSA) is 77.8 Å². The van der Waals surface area contributed by atoms with Gasteiger partial charge in [0.05, 0.1) is 6.07 Å². The minimum atomic E-state index is -0.182. The average molecular weight is 348 g/mol. The minimum absolute atomic E-state index is 0.182. The molecule has 0 bridgehead atoms. The Morgan fingerprint density at radius 2 is 2.04 bits per heavy atom. The molecule has 26 heavy (non-hydrogen) atoms. The van der Waals surface area contributed by atoms with E-state index in [1.165, 1.54) is 0 Å². The second kappa shape index (κ2) is 8.48. The van der Waals surface area contributed by atoms with E-state index < -0.39 is 0 Å². The highest BCUT2D eigenvalue weighted by atomic mass is 16.2. The summed E-state index contributed by atoms with van der Waals surface area (Å²) in [6, 6.07) is 12.1. The van der Waals surface area contributed by atoms with Crippen LogP contribution in [0.4, 0.5) is 10.5 Å². The number of anilines is 1. The molecule has 1 heterocycles. The van der Waals surface area contributed by atoms with E-state index in [0.717, 1.165) is 48.1 Å². The third-order valence-electron chi connectivity index (χ3n) is 5.06. The van der Waals surface area contributed by atoms with E-state index in [4.69, 9.17) is 5.26 Å². The first-order valence-electron chi connectivity index (χ1n) is 9.11. The molecule has 0 atom stereocenters. The van der Waals surface area contributed by atoms with Gasteiger partial charge >= 0.3 is 6.03 Å². The predicted molar refractivity (Wildman–Crippen MR) is 102 cm³/mol. The van der Waals surface area contributed by atoms with E-state index in [-0.39, 0.29) is 11.9 Å². The molecule has 1 aromatic carbocycles. The van der Waals surface area contributed by atoms with Crippen molar-refractivity contribution >= 4 is 11.7 Å². The summed E-state index contributed by atoms with van der Waals surface area (Å²) in [5.41, 5.74) is 3.86. The highest BCUT2D eigenvalue weighted by molar-refractivity contribution is 5.91. The first-order chi connectivity index (χ1) is 12.7. The van der Waals surface area contributed by atoms with Crippen molar-refractivity contribution in [2.45, 2.75) is 32.6 Å². The lowest BCUT2D eigenvalue weighted by Crippen LogP contribution is -2.34. The zero-order chi connectivity index (χ0) is 18.4. The van der Waals surface area contributed by atoms with E-state index in [0.29, 0.717) is 12.5 Å². The van der Waals surface area contributed by atoms with Crippen molar-refractivity contribution in [1.82, 2.24) is 10.3 Å². The quantitative estimate of drug-likeness (QED) is 0.853. The number of aryl methyl sites for hydroxylation is 1. The number of rotatable bonds is 4. The van der Waals surface area contributed by atoms with Gasteiger partial charge in [-0.05, 0) is 61.8 Å². The summed E-state index contributed by atoms with van der Waals surface area (Å²) in [7, 11) is 0. The molecule has 1 aliphatic rings. The first kappa shape index (κ1) is 17.9. The van der Waals surface area contributed by atoms with Crippen LogP contribution in [0, 0.1) is 30.1 Å². The number of hydrogen-bond acceptors (Lipinski definition) is 3. The Morgan fingerprint density at radius 3 is 2.73 bits per heavy atom. The van der Waals surface area contributed by atoms with Crippen molar-refractivity contribution in [3.8, 4) is 17.2 Å². The summed E-state index contributed by atoms with van der Waals surface area (Å²) >= 11 is 0. The number of nitrogens with zero attached hydrogens (tertiary/aromatic N) is 2. The van der Waals surface area contributed by atoms with Crippen LogP contribution in [0.1, 0.15) is 31.2 Å². The fourth-order valence-corrected chi connectivity index (χ4v) is 3.37. The third-order valence-corrected chi connectivity index (χ3v) is 5.06. The average Bonchev–Trinajstić information content (AvgIpc) is 2.69. The van der Waals surface area contributed by atoms with Gasteiger partial charge < -0.3 is 10.6 Å². The maximum atomic E-state index is 12.3. The molecular weight excluding hydrogens is 324 g/mol. The number of carbonyl (C=O) groups is 1. The minimum Gasteiger partial charge on any atom is -0.338 e. The van der Waals surface area contributed by atoms with Crippen molar-refractivity contribution in [3.05, 3.63) is 48.3 Å². The highest BCUT2D eigenvalue weighted by Crippen LogP contribution is 2.28. The van der Waals surface area contributed by atoms with Crippen LogP contribution in [0.15, 0.2) is 42.7 Å². The van der Waals surface area contributed by atoms with Crippen LogP contribution in [-0.4, -0.2) is 17.6 Å². The lowest BCUT2D eigenvalue weighted by molar-refractivity contribution is 0.245. The largest absolute Gasteiger partial charge is 0.338 e. The SMILES string of the molecule is Cc1ccc(-c2cccnc2)cc1NC(=O)NCC1CCC(C#N)CC1. The number of nitrogens with one attached hydrogen (secondary N) is 2.